The van der Waals surface area contributed by atoms with E-state index in [4.69, 9.17) is 21.1 Å². The first-order valence-electron chi connectivity index (χ1n) is 6.21. The van der Waals surface area contributed by atoms with Gasteiger partial charge >= 0.3 is 0 Å². The highest BCUT2D eigenvalue weighted by Gasteiger charge is 2.27. The van der Waals surface area contributed by atoms with Crippen molar-refractivity contribution in [2.75, 3.05) is 19.8 Å². The molecule has 2 rings (SSSR count). The summed E-state index contributed by atoms with van der Waals surface area (Å²) in [6.45, 7) is 8.29. The van der Waals surface area contributed by atoms with Gasteiger partial charge in [-0.15, -0.1) is 0 Å². The first-order chi connectivity index (χ1) is 8.46. The van der Waals surface area contributed by atoms with Crippen LogP contribution in [-0.2, 0) is 4.74 Å². The summed E-state index contributed by atoms with van der Waals surface area (Å²) in [6.07, 6.45) is 0. The van der Waals surface area contributed by atoms with Crippen molar-refractivity contribution in [3.8, 4) is 5.75 Å². The van der Waals surface area contributed by atoms with Gasteiger partial charge in [-0.1, -0.05) is 11.6 Å². The minimum atomic E-state index is 0.0152. The summed E-state index contributed by atoms with van der Waals surface area (Å²) in [5.41, 5.74) is 1.07. The fourth-order valence-electron chi connectivity index (χ4n) is 2.15. The number of aryl methyl sites for hydroxylation is 1. The standard InChI is InChI=1S/C14H20ClNO2/c1-10-6-11(15)4-5-13(10)18-8-12-7-17-9-14(2,3)16-12/h4-6,12,16H,7-9H2,1-3H3. The van der Waals surface area contributed by atoms with E-state index >= 15 is 0 Å². The van der Waals surface area contributed by atoms with Crippen LogP contribution in [0, 0.1) is 6.92 Å². The molecule has 0 radical (unpaired) electrons. The summed E-state index contributed by atoms with van der Waals surface area (Å²) in [7, 11) is 0. The van der Waals surface area contributed by atoms with Crippen molar-refractivity contribution in [3.63, 3.8) is 0 Å². The van der Waals surface area contributed by atoms with E-state index in [0.29, 0.717) is 13.2 Å². The van der Waals surface area contributed by atoms with Crippen LogP contribution in [0.4, 0.5) is 0 Å². The molecule has 0 saturated carbocycles. The van der Waals surface area contributed by atoms with Gasteiger partial charge in [-0.05, 0) is 44.5 Å². The van der Waals surface area contributed by atoms with E-state index < -0.39 is 0 Å². The van der Waals surface area contributed by atoms with Gasteiger partial charge in [0.15, 0.2) is 0 Å². The second-order valence-corrected chi connectivity index (χ2v) is 5.90. The summed E-state index contributed by atoms with van der Waals surface area (Å²) < 4.78 is 11.4. The maximum absolute atomic E-state index is 5.92. The second-order valence-electron chi connectivity index (χ2n) is 5.46. The summed E-state index contributed by atoms with van der Waals surface area (Å²) in [5.74, 6) is 0.879. The highest BCUT2D eigenvalue weighted by Crippen LogP contribution is 2.22. The Balaban J connectivity index is 1.91. The summed E-state index contributed by atoms with van der Waals surface area (Å²) in [4.78, 5) is 0. The van der Waals surface area contributed by atoms with Crippen LogP contribution in [0.15, 0.2) is 18.2 Å². The lowest BCUT2D eigenvalue weighted by Crippen LogP contribution is -2.57. The average molecular weight is 270 g/mol. The minimum absolute atomic E-state index is 0.0152. The molecule has 1 unspecified atom stereocenters. The van der Waals surface area contributed by atoms with E-state index in [1.807, 2.05) is 25.1 Å². The van der Waals surface area contributed by atoms with Gasteiger partial charge < -0.3 is 14.8 Å². The Morgan fingerprint density at radius 2 is 2.28 bits per heavy atom. The van der Waals surface area contributed by atoms with E-state index in [2.05, 4.69) is 19.2 Å². The van der Waals surface area contributed by atoms with Crippen molar-refractivity contribution in [2.45, 2.75) is 32.4 Å². The molecule has 1 aliphatic rings. The number of nitrogens with one attached hydrogen (secondary N) is 1. The molecule has 1 saturated heterocycles. The summed E-state index contributed by atoms with van der Waals surface area (Å²) in [6, 6.07) is 5.89. The van der Waals surface area contributed by atoms with Crippen molar-refractivity contribution in [2.24, 2.45) is 0 Å². The van der Waals surface area contributed by atoms with Crippen molar-refractivity contribution in [1.29, 1.82) is 0 Å². The zero-order valence-electron chi connectivity index (χ0n) is 11.1. The van der Waals surface area contributed by atoms with Crippen LogP contribution in [0.5, 0.6) is 5.75 Å². The fourth-order valence-corrected chi connectivity index (χ4v) is 2.37. The molecule has 0 aromatic heterocycles. The van der Waals surface area contributed by atoms with Crippen LogP contribution in [0.25, 0.3) is 0 Å². The molecule has 4 heteroatoms. The number of hydrogen-bond acceptors (Lipinski definition) is 3. The molecule has 0 amide bonds. The number of benzene rings is 1. The first-order valence-corrected chi connectivity index (χ1v) is 6.58. The lowest BCUT2D eigenvalue weighted by Gasteiger charge is -2.36. The normalized spacial score (nSPS) is 22.8. The topological polar surface area (TPSA) is 30.5 Å². The lowest BCUT2D eigenvalue weighted by atomic mass is 10.0. The van der Waals surface area contributed by atoms with Crippen LogP contribution in [0.3, 0.4) is 0 Å². The van der Waals surface area contributed by atoms with Crippen LogP contribution in [0.1, 0.15) is 19.4 Å². The zero-order valence-corrected chi connectivity index (χ0v) is 11.9. The number of rotatable bonds is 3. The Kier molecular flexibility index (Phi) is 4.15. The first kappa shape index (κ1) is 13.7. The molecule has 0 bridgehead atoms. The van der Waals surface area contributed by atoms with Gasteiger partial charge in [0.2, 0.25) is 0 Å². The predicted molar refractivity (Wildman–Crippen MR) is 73.5 cm³/mol. The van der Waals surface area contributed by atoms with Crippen molar-refractivity contribution < 1.29 is 9.47 Å². The third-order valence-electron chi connectivity index (χ3n) is 2.95. The molecule has 1 N–H and O–H groups in total. The average Bonchev–Trinajstić information content (AvgIpc) is 2.26. The molecular weight excluding hydrogens is 250 g/mol. The molecule has 0 spiro atoms. The maximum atomic E-state index is 5.92. The molecule has 18 heavy (non-hydrogen) atoms. The highest BCUT2D eigenvalue weighted by atomic mass is 35.5. The molecule has 1 heterocycles. The van der Waals surface area contributed by atoms with E-state index in [0.717, 1.165) is 22.9 Å². The predicted octanol–water partition coefficient (Wildman–Crippen LogP) is 2.79. The molecule has 0 aliphatic carbocycles. The monoisotopic (exact) mass is 269 g/mol. The third-order valence-corrected chi connectivity index (χ3v) is 3.19. The molecule has 1 atom stereocenters. The van der Waals surface area contributed by atoms with Crippen LogP contribution < -0.4 is 10.1 Å². The Hall–Kier alpha value is -0.770. The Morgan fingerprint density at radius 3 is 2.94 bits per heavy atom. The van der Waals surface area contributed by atoms with Gasteiger partial charge in [-0.3, -0.25) is 0 Å². The largest absolute Gasteiger partial charge is 0.492 e. The molecule has 100 valence electrons. The van der Waals surface area contributed by atoms with Crippen molar-refractivity contribution in [1.82, 2.24) is 5.32 Å². The fraction of sp³-hybridized carbons (Fsp3) is 0.571. The number of morpholine rings is 1. The maximum Gasteiger partial charge on any atom is 0.122 e. The third kappa shape index (κ3) is 3.61. The minimum Gasteiger partial charge on any atom is -0.492 e. The van der Waals surface area contributed by atoms with Gasteiger partial charge in [-0.2, -0.15) is 0 Å². The molecule has 1 fully saturated rings. The van der Waals surface area contributed by atoms with Crippen LogP contribution >= 0.6 is 11.6 Å². The molecule has 1 aromatic rings. The second kappa shape index (κ2) is 5.47. The van der Waals surface area contributed by atoms with E-state index in [9.17, 15) is 0 Å². The van der Waals surface area contributed by atoms with Gasteiger partial charge in [0.05, 0.1) is 19.3 Å². The smallest absolute Gasteiger partial charge is 0.122 e. The Bertz CT molecular complexity index is 420. The molecule has 1 aromatic carbocycles. The van der Waals surface area contributed by atoms with Gasteiger partial charge in [0, 0.05) is 10.6 Å². The summed E-state index contributed by atoms with van der Waals surface area (Å²) >= 11 is 5.92. The van der Waals surface area contributed by atoms with Gasteiger partial charge in [0.1, 0.15) is 12.4 Å². The molecule has 3 nitrogen and oxygen atoms in total. The van der Waals surface area contributed by atoms with E-state index in [1.165, 1.54) is 0 Å². The number of halogens is 1. The van der Waals surface area contributed by atoms with Gasteiger partial charge in [0.25, 0.3) is 0 Å². The van der Waals surface area contributed by atoms with Gasteiger partial charge in [-0.25, -0.2) is 0 Å². The summed E-state index contributed by atoms with van der Waals surface area (Å²) in [5, 5.41) is 4.25. The number of hydrogen-bond donors (Lipinski definition) is 1. The quantitative estimate of drug-likeness (QED) is 0.915. The van der Waals surface area contributed by atoms with Crippen molar-refractivity contribution in [3.05, 3.63) is 28.8 Å². The zero-order chi connectivity index (χ0) is 13.2. The Morgan fingerprint density at radius 1 is 1.50 bits per heavy atom. The van der Waals surface area contributed by atoms with E-state index in [-0.39, 0.29) is 11.6 Å². The lowest BCUT2D eigenvalue weighted by molar-refractivity contribution is 0.000885. The highest BCUT2D eigenvalue weighted by molar-refractivity contribution is 6.30. The van der Waals surface area contributed by atoms with E-state index in [1.54, 1.807) is 0 Å². The van der Waals surface area contributed by atoms with Crippen LogP contribution in [0.2, 0.25) is 5.02 Å². The number of ether oxygens (including phenoxy) is 2. The van der Waals surface area contributed by atoms with Crippen LogP contribution in [-0.4, -0.2) is 31.4 Å². The Labute approximate surface area is 113 Å². The SMILES string of the molecule is Cc1cc(Cl)ccc1OCC1COCC(C)(C)N1. The molecule has 1 aliphatic heterocycles. The van der Waals surface area contributed by atoms with Crippen molar-refractivity contribution >= 4 is 11.6 Å². The molecular formula is C14H20ClNO2.